The third kappa shape index (κ3) is 3.88. The summed E-state index contributed by atoms with van der Waals surface area (Å²) in [6.45, 7) is 7.24. The van der Waals surface area contributed by atoms with E-state index in [1.54, 1.807) is 6.33 Å². The predicted octanol–water partition coefficient (Wildman–Crippen LogP) is 2.72. The first kappa shape index (κ1) is 12.1. The molecule has 1 aliphatic carbocycles. The van der Waals surface area contributed by atoms with Gasteiger partial charge in [-0.1, -0.05) is 6.92 Å². The van der Waals surface area contributed by atoms with Crippen molar-refractivity contribution in [3.8, 4) is 5.88 Å². The van der Waals surface area contributed by atoms with Gasteiger partial charge in [-0.15, -0.1) is 0 Å². The normalized spacial score (nSPS) is 16.9. The van der Waals surface area contributed by atoms with Crippen LogP contribution in [0.4, 0.5) is 5.82 Å². The molecule has 4 nitrogen and oxygen atoms in total. The lowest BCUT2D eigenvalue weighted by molar-refractivity contribution is 0.232. The first-order chi connectivity index (χ1) is 8.15. The number of aromatic nitrogens is 2. The van der Waals surface area contributed by atoms with Crippen molar-refractivity contribution in [2.45, 2.75) is 39.7 Å². The van der Waals surface area contributed by atoms with E-state index in [2.05, 4.69) is 22.2 Å². The van der Waals surface area contributed by atoms with Gasteiger partial charge in [-0.25, -0.2) is 9.97 Å². The molecule has 1 heterocycles. The summed E-state index contributed by atoms with van der Waals surface area (Å²) >= 11 is 0. The summed E-state index contributed by atoms with van der Waals surface area (Å²) in [5.41, 5.74) is 0. The van der Waals surface area contributed by atoms with Gasteiger partial charge in [0, 0.05) is 12.6 Å². The Hall–Kier alpha value is -1.32. The molecule has 1 aliphatic rings. The van der Waals surface area contributed by atoms with E-state index in [1.807, 2.05) is 19.9 Å². The molecule has 1 saturated carbocycles. The summed E-state index contributed by atoms with van der Waals surface area (Å²) in [6, 6.07) is 1.86. The Labute approximate surface area is 103 Å². The van der Waals surface area contributed by atoms with E-state index >= 15 is 0 Å². The maximum Gasteiger partial charge on any atom is 0.218 e. The average Bonchev–Trinajstić information content (AvgIpc) is 3.09. The molecule has 94 valence electrons. The molecule has 1 atom stereocenters. The van der Waals surface area contributed by atoms with E-state index in [-0.39, 0.29) is 6.10 Å². The summed E-state index contributed by atoms with van der Waals surface area (Å²) in [6.07, 6.45) is 4.45. The highest BCUT2D eigenvalue weighted by Gasteiger charge is 2.27. The zero-order valence-electron chi connectivity index (χ0n) is 10.8. The number of anilines is 1. The topological polar surface area (TPSA) is 47.0 Å². The Kier molecular flexibility index (Phi) is 3.82. The maximum atomic E-state index is 5.53. The van der Waals surface area contributed by atoms with Crippen LogP contribution in [0.1, 0.15) is 33.6 Å². The molecular formula is C13H21N3O. The van der Waals surface area contributed by atoms with Crippen LogP contribution in [0.3, 0.4) is 0 Å². The van der Waals surface area contributed by atoms with Crippen LogP contribution in [0.2, 0.25) is 0 Å². The zero-order chi connectivity index (χ0) is 12.3. The highest BCUT2D eigenvalue weighted by molar-refractivity contribution is 5.37. The van der Waals surface area contributed by atoms with Crippen LogP contribution in [0.5, 0.6) is 5.88 Å². The van der Waals surface area contributed by atoms with Gasteiger partial charge in [-0.05, 0) is 38.5 Å². The highest BCUT2D eigenvalue weighted by Crippen LogP contribution is 2.36. The highest BCUT2D eigenvalue weighted by atomic mass is 16.5. The minimum atomic E-state index is 0.142. The van der Waals surface area contributed by atoms with Crippen LogP contribution in [0, 0.1) is 11.8 Å². The number of rotatable bonds is 6. The Morgan fingerprint density at radius 2 is 2.12 bits per heavy atom. The van der Waals surface area contributed by atoms with Crippen LogP contribution in [0.15, 0.2) is 12.4 Å². The van der Waals surface area contributed by atoms with Crippen LogP contribution in [-0.2, 0) is 0 Å². The lowest BCUT2D eigenvalue weighted by Gasteiger charge is -2.13. The zero-order valence-corrected chi connectivity index (χ0v) is 10.8. The summed E-state index contributed by atoms with van der Waals surface area (Å²) in [5.74, 6) is 3.12. The largest absolute Gasteiger partial charge is 0.475 e. The lowest BCUT2D eigenvalue weighted by Crippen LogP contribution is -2.14. The Morgan fingerprint density at radius 1 is 1.35 bits per heavy atom. The van der Waals surface area contributed by atoms with E-state index < -0.39 is 0 Å². The number of hydrogen-bond acceptors (Lipinski definition) is 4. The number of ether oxygens (including phenoxy) is 1. The molecule has 4 heteroatoms. The molecule has 0 aromatic carbocycles. The summed E-state index contributed by atoms with van der Waals surface area (Å²) in [5, 5.41) is 3.35. The van der Waals surface area contributed by atoms with Gasteiger partial charge >= 0.3 is 0 Å². The second-order valence-electron chi connectivity index (χ2n) is 5.10. The maximum absolute atomic E-state index is 5.53. The Balaban J connectivity index is 1.86. The monoisotopic (exact) mass is 235 g/mol. The first-order valence-corrected chi connectivity index (χ1v) is 6.37. The van der Waals surface area contributed by atoms with Gasteiger partial charge in [0.1, 0.15) is 12.1 Å². The standard InChI is InChI=1S/C13H21N3O/c1-9(2)17-13-6-12(15-8-16-13)14-7-10(3)11-4-5-11/h6,8-11H,4-5,7H2,1-3H3,(H,14,15,16). The van der Waals surface area contributed by atoms with Crippen molar-refractivity contribution in [3.05, 3.63) is 12.4 Å². The fraction of sp³-hybridized carbons (Fsp3) is 0.692. The van der Waals surface area contributed by atoms with Crippen LogP contribution >= 0.6 is 0 Å². The molecule has 0 radical (unpaired) electrons. The van der Waals surface area contributed by atoms with Crippen molar-refractivity contribution < 1.29 is 4.74 Å². The van der Waals surface area contributed by atoms with Gasteiger partial charge in [0.05, 0.1) is 6.10 Å². The SMILES string of the molecule is CC(C)Oc1cc(NCC(C)C2CC2)ncn1. The second-order valence-corrected chi connectivity index (χ2v) is 5.10. The van der Waals surface area contributed by atoms with Crippen molar-refractivity contribution in [2.24, 2.45) is 11.8 Å². The number of nitrogens with one attached hydrogen (secondary N) is 1. The molecule has 0 bridgehead atoms. The average molecular weight is 235 g/mol. The van der Waals surface area contributed by atoms with E-state index in [4.69, 9.17) is 4.74 Å². The smallest absolute Gasteiger partial charge is 0.218 e. The van der Waals surface area contributed by atoms with E-state index in [1.165, 1.54) is 12.8 Å². The molecule has 1 fully saturated rings. The van der Waals surface area contributed by atoms with E-state index in [0.29, 0.717) is 5.88 Å². The first-order valence-electron chi connectivity index (χ1n) is 6.37. The minimum Gasteiger partial charge on any atom is -0.475 e. The van der Waals surface area contributed by atoms with Gasteiger partial charge in [0.2, 0.25) is 5.88 Å². The number of hydrogen-bond donors (Lipinski definition) is 1. The Bertz CT molecular complexity index is 363. The van der Waals surface area contributed by atoms with Gasteiger partial charge in [-0.2, -0.15) is 0 Å². The predicted molar refractivity (Wildman–Crippen MR) is 68.2 cm³/mol. The fourth-order valence-corrected chi connectivity index (χ4v) is 1.84. The fourth-order valence-electron chi connectivity index (χ4n) is 1.84. The second kappa shape index (κ2) is 5.34. The summed E-state index contributed by atoms with van der Waals surface area (Å²) < 4.78 is 5.53. The molecule has 17 heavy (non-hydrogen) atoms. The van der Waals surface area contributed by atoms with E-state index in [9.17, 15) is 0 Å². The molecule has 1 unspecified atom stereocenters. The van der Waals surface area contributed by atoms with Crippen molar-refractivity contribution >= 4 is 5.82 Å². The van der Waals surface area contributed by atoms with Crippen molar-refractivity contribution in [2.75, 3.05) is 11.9 Å². The minimum absolute atomic E-state index is 0.142. The van der Waals surface area contributed by atoms with Crippen LogP contribution in [0.25, 0.3) is 0 Å². The van der Waals surface area contributed by atoms with Gasteiger partial charge in [0.15, 0.2) is 0 Å². The van der Waals surface area contributed by atoms with Gasteiger partial charge in [0.25, 0.3) is 0 Å². The van der Waals surface area contributed by atoms with Crippen LogP contribution in [-0.4, -0.2) is 22.6 Å². The quantitative estimate of drug-likeness (QED) is 0.823. The Morgan fingerprint density at radius 3 is 2.76 bits per heavy atom. The molecule has 0 spiro atoms. The molecule has 0 saturated heterocycles. The van der Waals surface area contributed by atoms with Gasteiger partial charge in [-0.3, -0.25) is 0 Å². The van der Waals surface area contributed by atoms with Crippen molar-refractivity contribution in [1.29, 1.82) is 0 Å². The van der Waals surface area contributed by atoms with Gasteiger partial charge < -0.3 is 10.1 Å². The molecule has 1 N–H and O–H groups in total. The summed E-state index contributed by atoms with van der Waals surface area (Å²) in [4.78, 5) is 8.28. The molecule has 1 aromatic rings. The molecule has 0 aliphatic heterocycles. The molecular weight excluding hydrogens is 214 g/mol. The number of nitrogens with zero attached hydrogens (tertiary/aromatic N) is 2. The molecule has 2 rings (SSSR count). The molecule has 0 amide bonds. The lowest BCUT2D eigenvalue weighted by atomic mass is 10.1. The van der Waals surface area contributed by atoms with Crippen LogP contribution < -0.4 is 10.1 Å². The van der Waals surface area contributed by atoms with Crippen molar-refractivity contribution in [3.63, 3.8) is 0 Å². The van der Waals surface area contributed by atoms with Crippen molar-refractivity contribution in [1.82, 2.24) is 9.97 Å². The van der Waals surface area contributed by atoms with E-state index in [0.717, 1.165) is 24.2 Å². The third-order valence-corrected chi connectivity index (χ3v) is 3.03. The summed E-state index contributed by atoms with van der Waals surface area (Å²) in [7, 11) is 0. The third-order valence-electron chi connectivity index (χ3n) is 3.03. The molecule has 1 aromatic heterocycles.